The molecule has 0 saturated heterocycles. The summed E-state index contributed by atoms with van der Waals surface area (Å²) >= 11 is 0. The molecule has 4 aromatic carbocycles. The molecule has 8 aromatic rings. The summed E-state index contributed by atoms with van der Waals surface area (Å²) in [6.45, 7) is 0. The van der Waals surface area contributed by atoms with E-state index in [9.17, 15) is 0 Å². The second-order valence-corrected chi connectivity index (χ2v) is 9.96. The topological polar surface area (TPSA) is 92.1 Å². The van der Waals surface area contributed by atoms with Gasteiger partial charge in [-0.1, -0.05) is 72.8 Å². The highest BCUT2D eigenvalue weighted by Gasteiger charge is 2.14. The fourth-order valence-electron chi connectivity index (χ4n) is 4.78. The van der Waals surface area contributed by atoms with Gasteiger partial charge in [-0.25, -0.2) is 29.0 Å². The number of rotatable bonds is 6. The Hall–Kier alpha value is -6.48. The van der Waals surface area contributed by atoms with E-state index in [2.05, 4.69) is 15.3 Å². The first-order chi connectivity index (χ1) is 22.3. The minimum absolute atomic E-state index is 0.568. The maximum Gasteiger partial charge on any atom is 0.164 e. The van der Waals surface area contributed by atoms with Crippen molar-refractivity contribution in [3.8, 4) is 51.2 Å². The summed E-state index contributed by atoms with van der Waals surface area (Å²) in [5, 5.41) is 13.1. The van der Waals surface area contributed by atoms with Crippen LogP contribution in [0.3, 0.4) is 0 Å². The van der Waals surface area contributed by atoms with Crippen molar-refractivity contribution in [1.29, 1.82) is 0 Å². The SMILES string of the molecule is c1cc(-c2nc(-c3cccc(-n4cccn4)c3)nc(-c3cccc(-n4cccn4)c3)n2)cc(-n2cccn2)c1.c1ccccc1. The second kappa shape index (κ2) is 12.8. The first-order valence-electron chi connectivity index (χ1n) is 14.4. The minimum atomic E-state index is 0.568. The lowest BCUT2D eigenvalue weighted by Crippen LogP contribution is -2.02. The molecular weight excluding hydrogens is 558 g/mol. The van der Waals surface area contributed by atoms with Crippen LogP contribution < -0.4 is 0 Å². The van der Waals surface area contributed by atoms with Crippen LogP contribution in [0, 0.1) is 0 Å². The zero-order chi connectivity index (χ0) is 30.3. The monoisotopic (exact) mass is 585 g/mol. The first kappa shape index (κ1) is 27.4. The average molecular weight is 586 g/mol. The number of benzene rings is 4. The Morgan fingerprint density at radius 2 is 0.644 bits per heavy atom. The molecule has 0 saturated carbocycles. The van der Waals surface area contributed by atoms with E-state index in [-0.39, 0.29) is 0 Å². The summed E-state index contributed by atoms with van der Waals surface area (Å²) in [5.41, 5.74) is 5.34. The van der Waals surface area contributed by atoms with E-state index in [0.717, 1.165) is 33.8 Å². The molecule has 45 heavy (non-hydrogen) atoms. The van der Waals surface area contributed by atoms with Crippen LogP contribution >= 0.6 is 0 Å². The molecule has 4 aromatic heterocycles. The highest BCUT2D eigenvalue weighted by atomic mass is 15.3. The fourth-order valence-corrected chi connectivity index (χ4v) is 4.78. The summed E-state index contributed by atoms with van der Waals surface area (Å²) in [6.07, 6.45) is 11.0. The molecule has 0 atom stereocenters. The van der Waals surface area contributed by atoms with Gasteiger partial charge in [-0.2, -0.15) is 15.3 Å². The van der Waals surface area contributed by atoms with Crippen LogP contribution in [-0.2, 0) is 0 Å². The largest absolute Gasteiger partial charge is 0.241 e. The first-order valence-corrected chi connectivity index (χ1v) is 14.4. The van der Waals surface area contributed by atoms with Gasteiger partial charge in [-0.05, 0) is 54.6 Å². The van der Waals surface area contributed by atoms with Crippen molar-refractivity contribution in [3.63, 3.8) is 0 Å². The van der Waals surface area contributed by atoms with Crippen molar-refractivity contribution in [2.24, 2.45) is 0 Å². The third-order valence-electron chi connectivity index (χ3n) is 6.92. The second-order valence-electron chi connectivity index (χ2n) is 9.96. The van der Waals surface area contributed by atoms with Gasteiger partial charge in [0.1, 0.15) is 0 Å². The Kier molecular flexibility index (Phi) is 7.78. The molecule has 0 bridgehead atoms. The smallest absolute Gasteiger partial charge is 0.164 e. The summed E-state index contributed by atoms with van der Waals surface area (Å²) in [4.78, 5) is 14.8. The van der Waals surface area contributed by atoms with Crippen LogP contribution in [0.25, 0.3) is 51.2 Å². The van der Waals surface area contributed by atoms with E-state index in [1.54, 1.807) is 18.6 Å². The summed E-state index contributed by atoms with van der Waals surface area (Å²) < 4.78 is 5.44. The normalized spacial score (nSPS) is 10.7. The summed E-state index contributed by atoms with van der Waals surface area (Å²) in [6, 6.07) is 41.7. The molecule has 0 fully saturated rings. The highest BCUT2D eigenvalue weighted by Crippen LogP contribution is 2.27. The Balaban J connectivity index is 0.000000488. The number of hydrogen-bond acceptors (Lipinski definition) is 6. The maximum absolute atomic E-state index is 4.92. The Morgan fingerprint density at radius 3 is 0.911 bits per heavy atom. The molecule has 8 rings (SSSR count). The number of hydrogen-bond donors (Lipinski definition) is 0. The average Bonchev–Trinajstić information content (AvgIpc) is 3.94. The van der Waals surface area contributed by atoms with Crippen molar-refractivity contribution in [2.45, 2.75) is 0 Å². The predicted molar refractivity (Wildman–Crippen MR) is 174 cm³/mol. The van der Waals surface area contributed by atoms with Crippen molar-refractivity contribution in [3.05, 3.63) is 165 Å². The van der Waals surface area contributed by atoms with Crippen molar-refractivity contribution >= 4 is 0 Å². The molecule has 0 aliphatic carbocycles. The van der Waals surface area contributed by atoms with Gasteiger partial charge in [0.15, 0.2) is 17.5 Å². The minimum Gasteiger partial charge on any atom is -0.241 e. The van der Waals surface area contributed by atoms with Crippen molar-refractivity contribution < 1.29 is 0 Å². The lowest BCUT2D eigenvalue weighted by molar-refractivity contribution is 0.879. The van der Waals surface area contributed by atoms with Crippen LogP contribution in [0.1, 0.15) is 0 Å². The van der Waals surface area contributed by atoms with Crippen LogP contribution in [0.4, 0.5) is 0 Å². The van der Waals surface area contributed by atoms with E-state index in [0.29, 0.717) is 17.5 Å². The molecule has 0 radical (unpaired) electrons. The van der Waals surface area contributed by atoms with Crippen LogP contribution in [0.15, 0.2) is 165 Å². The molecule has 9 heteroatoms. The van der Waals surface area contributed by atoms with Gasteiger partial charge in [0.2, 0.25) is 0 Å². The molecule has 0 unspecified atom stereocenters. The van der Waals surface area contributed by atoms with Gasteiger partial charge in [0.25, 0.3) is 0 Å². The third-order valence-corrected chi connectivity index (χ3v) is 6.92. The molecule has 216 valence electrons. The van der Waals surface area contributed by atoms with Gasteiger partial charge in [0, 0.05) is 53.9 Å². The van der Waals surface area contributed by atoms with Crippen molar-refractivity contribution in [2.75, 3.05) is 0 Å². The molecule has 0 spiro atoms. The fraction of sp³-hybridized carbons (Fsp3) is 0. The van der Waals surface area contributed by atoms with E-state index in [4.69, 9.17) is 15.0 Å². The molecule has 0 aliphatic heterocycles. The van der Waals surface area contributed by atoms with Gasteiger partial charge in [-0.3, -0.25) is 0 Å². The van der Waals surface area contributed by atoms with Crippen LogP contribution in [0.5, 0.6) is 0 Å². The molecule has 9 nitrogen and oxygen atoms in total. The zero-order valence-corrected chi connectivity index (χ0v) is 24.1. The molecule has 0 aliphatic rings. The highest BCUT2D eigenvalue weighted by molar-refractivity contribution is 5.69. The quantitative estimate of drug-likeness (QED) is 0.206. The van der Waals surface area contributed by atoms with E-state index < -0.39 is 0 Å². The lowest BCUT2D eigenvalue weighted by Gasteiger charge is -2.11. The van der Waals surface area contributed by atoms with E-state index in [1.165, 1.54) is 0 Å². The Labute approximate surface area is 259 Å². The Morgan fingerprint density at radius 1 is 0.333 bits per heavy atom. The molecule has 0 amide bonds. The third kappa shape index (κ3) is 6.32. The predicted octanol–water partition coefficient (Wildman–Crippen LogP) is 7.12. The number of aromatic nitrogens is 9. The van der Waals surface area contributed by atoms with E-state index in [1.807, 2.05) is 160 Å². The van der Waals surface area contributed by atoms with Gasteiger partial charge in [0.05, 0.1) is 17.1 Å². The van der Waals surface area contributed by atoms with E-state index >= 15 is 0 Å². The zero-order valence-electron chi connectivity index (χ0n) is 24.1. The summed E-state index contributed by atoms with van der Waals surface area (Å²) in [7, 11) is 0. The molecule has 0 N–H and O–H groups in total. The van der Waals surface area contributed by atoms with Gasteiger partial charge < -0.3 is 0 Å². The van der Waals surface area contributed by atoms with Crippen LogP contribution in [-0.4, -0.2) is 44.3 Å². The summed E-state index contributed by atoms with van der Waals surface area (Å²) in [5.74, 6) is 1.70. The molecular formula is C36H27N9. The van der Waals surface area contributed by atoms with Crippen LogP contribution in [0.2, 0.25) is 0 Å². The molecule has 4 heterocycles. The lowest BCUT2D eigenvalue weighted by atomic mass is 10.1. The standard InChI is InChI=1S/C30H21N9.C6H6/c1-7-22(19-25(10-1)37-16-4-13-31-37)28-34-29(23-8-2-11-26(20-23)38-17-5-14-32-38)36-30(35-28)24-9-3-12-27(21-24)39-18-6-15-33-39;1-2-4-6-5-3-1/h1-21H;1-6H. The maximum atomic E-state index is 4.92. The Bertz CT molecular complexity index is 1850. The van der Waals surface area contributed by atoms with Gasteiger partial charge in [-0.15, -0.1) is 0 Å². The number of nitrogens with zero attached hydrogens (tertiary/aromatic N) is 9. The van der Waals surface area contributed by atoms with Crippen molar-refractivity contribution in [1.82, 2.24) is 44.3 Å². The van der Waals surface area contributed by atoms with Gasteiger partial charge >= 0.3 is 0 Å².